The number of nitrogens with one attached hydrogen (secondary N) is 1. The number of hydrogen-bond donors (Lipinski definition) is 1. The summed E-state index contributed by atoms with van der Waals surface area (Å²) in [6.07, 6.45) is 6.99. The first-order valence-electron chi connectivity index (χ1n) is 7.00. The van der Waals surface area contributed by atoms with Crippen LogP contribution >= 0.6 is 11.3 Å². The minimum absolute atomic E-state index is 0.259. The molecule has 0 saturated carbocycles. The van der Waals surface area contributed by atoms with Gasteiger partial charge in [-0.3, -0.25) is 9.88 Å². The molecule has 0 amide bonds. The minimum Gasteiger partial charge on any atom is -0.315 e. The van der Waals surface area contributed by atoms with Crippen LogP contribution in [0.5, 0.6) is 0 Å². The maximum Gasteiger partial charge on any atom is 0.0794 e. The lowest BCUT2D eigenvalue weighted by Gasteiger charge is -2.44. The van der Waals surface area contributed by atoms with Crippen LogP contribution < -0.4 is 5.32 Å². The number of rotatable bonds is 6. The van der Waals surface area contributed by atoms with Crippen LogP contribution in [0.15, 0.2) is 11.7 Å². The molecule has 1 aromatic rings. The average Bonchev–Trinajstić information content (AvgIpc) is 3.07. The van der Waals surface area contributed by atoms with Gasteiger partial charge < -0.3 is 5.32 Å². The summed E-state index contributed by atoms with van der Waals surface area (Å²) in [6.45, 7) is 7.24. The lowest BCUT2D eigenvalue weighted by atomic mass is 9.85. The topological polar surface area (TPSA) is 28.2 Å². The lowest BCUT2D eigenvalue weighted by Crippen LogP contribution is -2.58. The number of hydrogen-bond acceptors (Lipinski definition) is 4. The second-order valence-corrected chi connectivity index (χ2v) is 6.39. The van der Waals surface area contributed by atoms with Gasteiger partial charge in [0.2, 0.25) is 0 Å². The largest absolute Gasteiger partial charge is 0.315 e. The Labute approximate surface area is 115 Å². The van der Waals surface area contributed by atoms with E-state index in [0.29, 0.717) is 6.04 Å². The van der Waals surface area contributed by atoms with Gasteiger partial charge in [0, 0.05) is 29.1 Å². The Hall–Kier alpha value is -0.450. The smallest absolute Gasteiger partial charge is 0.0794 e. The maximum absolute atomic E-state index is 4.19. The highest BCUT2D eigenvalue weighted by Gasteiger charge is 2.38. The van der Waals surface area contributed by atoms with E-state index in [2.05, 4.69) is 36.1 Å². The molecule has 2 atom stereocenters. The van der Waals surface area contributed by atoms with Crippen LogP contribution in [-0.4, -0.2) is 41.6 Å². The zero-order valence-corrected chi connectivity index (χ0v) is 12.6. The van der Waals surface area contributed by atoms with Crippen molar-refractivity contribution in [2.75, 3.05) is 20.1 Å². The Balaban J connectivity index is 2.11. The van der Waals surface area contributed by atoms with Gasteiger partial charge in [0.15, 0.2) is 0 Å². The highest BCUT2D eigenvalue weighted by Crippen LogP contribution is 2.30. The second kappa shape index (κ2) is 6.13. The zero-order chi connectivity index (χ0) is 13.0. The van der Waals surface area contributed by atoms with Crippen molar-refractivity contribution in [1.82, 2.24) is 15.2 Å². The van der Waals surface area contributed by atoms with Crippen LogP contribution in [0.1, 0.15) is 38.0 Å². The van der Waals surface area contributed by atoms with Crippen LogP contribution in [0.3, 0.4) is 0 Å². The number of thiazole rings is 1. The van der Waals surface area contributed by atoms with Crippen molar-refractivity contribution in [2.45, 2.75) is 51.1 Å². The molecule has 2 unspecified atom stereocenters. The van der Waals surface area contributed by atoms with Gasteiger partial charge in [-0.05, 0) is 46.3 Å². The molecule has 1 saturated heterocycles. The summed E-state index contributed by atoms with van der Waals surface area (Å²) >= 11 is 1.77. The summed E-state index contributed by atoms with van der Waals surface area (Å²) in [7, 11) is 2.09. The van der Waals surface area contributed by atoms with Crippen molar-refractivity contribution in [2.24, 2.45) is 0 Å². The first kappa shape index (κ1) is 14.0. The minimum atomic E-state index is 0.259. The maximum atomic E-state index is 4.19. The molecule has 0 aliphatic carbocycles. The molecular weight excluding hydrogens is 242 g/mol. The van der Waals surface area contributed by atoms with Crippen molar-refractivity contribution in [3.63, 3.8) is 0 Å². The lowest BCUT2D eigenvalue weighted by molar-refractivity contribution is 0.0876. The SMILES string of the molecule is CCC(C)(C(Cc1cncs1)NC)N1CCCC1. The average molecular weight is 267 g/mol. The third-order valence-electron chi connectivity index (χ3n) is 4.53. The van der Waals surface area contributed by atoms with Gasteiger partial charge in [-0.2, -0.15) is 0 Å². The molecule has 18 heavy (non-hydrogen) atoms. The van der Waals surface area contributed by atoms with E-state index in [4.69, 9.17) is 0 Å². The van der Waals surface area contributed by atoms with E-state index >= 15 is 0 Å². The van der Waals surface area contributed by atoms with Crippen LogP contribution in [0.25, 0.3) is 0 Å². The van der Waals surface area contributed by atoms with Crippen molar-refractivity contribution in [3.05, 3.63) is 16.6 Å². The van der Waals surface area contributed by atoms with Crippen LogP contribution in [-0.2, 0) is 6.42 Å². The van der Waals surface area contributed by atoms with Crippen molar-refractivity contribution in [3.8, 4) is 0 Å². The normalized spacial score (nSPS) is 21.9. The molecule has 1 aromatic heterocycles. The standard InChI is InChI=1S/C14H25N3S/c1-4-14(2,17-7-5-6-8-17)13(15-3)9-12-10-16-11-18-12/h10-11,13,15H,4-9H2,1-3H3. The summed E-state index contributed by atoms with van der Waals surface area (Å²) in [5, 5.41) is 3.55. The molecule has 3 nitrogen and oxygen atoms in total. The van der Waals surface area contributed by atoms with Crippen LogP contribution in [0.2, 0.25) is 0 Å². The Morgan fingerprint density at radius 3 is 2.72 bits per heavy atom. The highest BCUT2D eigenvalue weighted by atomic mass is 32.1. The monoisotopic (exact) mass is 267 g/mol. The van der Waals surface area contributed by atoms with Crippen molar-refractivity contribution >= 4 is 11.3 Å². The summed E-state index contributed by atoms with van der Waals surface area (Å²) < 4.78 is 0. The molecule has 1 fully saturated rings. The number of aromatic nitrogens is 1. The molecule has 1 aliphatic rings. The molecule has 1 aliphatic heterocycles. The summed E-state index contributed by atoms with van der Waals surface area (Å²) in [5.74, 6) is 0. The quantitative estimate of drug-likeness (QED) is 0.858. The first-order valence-corrected chi connectivity index (χ1v) is 7.88. The predicted molar refractivity (Wildman–Crippen MR) is 78.2 cm³/mol. The molecule has 4 heteroatoms. The molecule has 102 valence electrons. The zero-order valence-electron chi connectivity index (χ0n) is 11.8. The number of likely N-dealkylation sites (N-methyl/N-ethyl adjacent to an activating group) is 1. The van der Waals surface area contributed by atoms with E-state index in [1.54, 1.807) is 11.3 Å². The summed E-state index contributed by atoms with van der Waals surface area (Å²) in [6, 6.07) is 0.501. The Bertz CT molecular complexity index is 346. The summed E-state index contributed by atoms with van der Waals surface area (Å²) in [4.78, 5) is 8.25. The fourth-order valence-corrected chi connectivity index (χ4v) is 3.74. The fourth-order valence-electron chi connectivity index (χ4n) is 3.10. The van der Waals surface area contributed by atoms with Gasteiger partial charge in [-0.25, -0.2) is 0 Å². The van der Waals surface area contributed by atoms with Gasteiger partial charge >= 0.3 is 0 Å². The fraction of sp³-hybridized carbons (Fsp3) is 0.786. The van der Waals surface area contributed by atoms with Gasteiger partial charge in [-0.15, -0.1) is 11.3 Å². The Kier molecular flexibility index (Phi) is 4.76. The highest BCUT2D eigenvalue weighted by molar-refractivity contribution is 7.09. The van der Waals surface area contributed by atoms with Gasteiger partial charge in [0.25, 0.3) is 0 Å². The van der Waals surface area contributed by atoms with E-state index in [9.17, 15) is 0 Å². The molecule has 0 radical (unpaired) electrons. The molecular formula is C14H25N3S. The molecule has 0 aromatic carbocycles. The third kappa shape index (κ3) is 2.76. The van der Waals surface area contributed by atoms with E-state index in [1.807, 2.05) is 11.7 Å². The van der Waals surface area contributed by atoms with E-state index in [-0.39, 0.29) is 5.54 Å². The first-order chi connectivity index (χ1) is 8.70. The number of likely N-dealkylation sites (tertiary alicyclic amines) is 1. The molecule has 2 heterocycles. The Morgan fingerprint density at radius 2 is 2.22 bits per heavy atom. The van der Waals surface area contributed by atoms with Crippen LogP contribution in [0.4, 0.5) is 0 Å². The molecule has 0 spiro atoms. The molecule has 1 N–H and O–H groups in total. The van der Waals surface area contributed by atoms with E-state index < -0.39 is 0 Å². The van der Waals surface area contributed by atoms with Gasteiger partial charge in [-0.1, -0.05) is 6.92 Å². The van der Waals surface area contributed by atoms with Crippen molar-refractivity contribution in [1.29, 1.82) is 0 Å². The van der Waals surface area contributed by atoms with Crippen LogP contribution in [0, 0.1) is 0 Å². The van der Waals surface area contributed by atoms with E-state index in [0.717, 1.165) is 6.42 Å². The molecule has 0 bridgehead atoms. The number of nitrogens with zero attached hydrogens (tertiary/aromatic N) is 2. The van der Waals surface area contributed by atoms with Crippen molar-refractivity contribution < 1.29 is 0 Å². The van der Waals surface area contributed by atoms with Gasteiger partial charge in [0.1, 0.15) is 0 Å². The second-order valence-electron chi connectivity index (χ2n) is 5.42. The summed E-state index contributed by atoms with van der Waals surface area (Å²) in [5.41, 5.74) is 2.19. The van der Waals surface area contributed by atoms with E-state index in [1.165, 1.54) is 37.2 Å². The Morgan fingerprint density at radius 1 is 1.50 bits per heavy atom. The van der Waals surface area contributed by atoms with Gasteiger partial charge in [0.05, 0.1) is 5.51 Å². The third-order valence-corrected chi connectivity index (χ3v) is 5.33. The predicted octanol–water partition coefficient (Wildman–Crippen LogP) is 2.54. The molecule has 2 rings (SSSR count).